The van der Waals surface area contributed by atoms with Crippen molar-refractivity contribution in [1.29, 1.82) is 0 Å². The molecule has 130 valence electrons. The van der Waals surface area contributed by atoms with Gasteiger partial charge >= 0.3 is 0 Å². The van der Waals surface area contributed by atoms with Gasteiger partial charge in [0.25, 0.3) is 0 Å². The van der Waals surface area contributed by atoms with Gasteiger partial charge in [0, 0.05) is 6.54 Å². The fourth-order valence-electron chi connectivity index (χ4n) is 2.42. The van der Waals surface area contributed by atoms with Crippen molar-refractivity contribution in [2.24, 2.45) is 0 Å². The smallest absolute Gasteiger partial charge is 0.243 e. The predicted molar refractivity (Wildman–Crippen MR) is 85.9 cm³/mol. The van der Waals surface area contributed by atoms with Crippen LogP contribution < -0.4 is 0 Å². The van der Waals surface area contributed by atoms with Gasteiger partial charge in [-0.05, 0) is 18.2 Å². The second kappa shape index (κ2) is 6.83. The molecule has 0 aliphatic carbocycles. The molecule has 0 unspecified atom stereocenters. The number of hydrogen-bond donors (Lipinski definition) is 2. The van der Waals surface area contributed by atoms with Crippen molar-refractivity contribution >= 4 is 43.1 Å². The summed E-state index contributed by atoms with van der Waals surface area (Å²) >= 11 is 11.6. The van der Waals surface area contributed by atoms with Gasteiger partial charge < -0.3 is 10.2 Å². The first-order chi connectivity index (χ1) is 10.6. The summed E-state index contributed by atoms with van der Waals surface area (Å²) in [6.45, 7) is -0.871. The molecular formula is C12H15Cl2NO6S2. The monoisotopic (exact) mass is 403 g/mol. The molecule has 1 aromatic rings. The first kappa shape index (κ1) is 18.9. The first-order valence-corrected chi connectivity index (χ1v) is 10.6. The molecule has 0 aromatic heterocycles. The van der Waals surface area contributed by atoms with Crippen molar-refractivity contribution in [3.63, 3.8) is 0 Å². The van der Waals surface area contributed by atoms with Crippen LogP contribution in [0.2, 0.25) is 10.0 Å². The molecule has 23 heavy (non-hydrogen) atoms. The van der Waals surface area contributed by atoms with E-state index in [1.807, 2.05) is 0 Å². The molecule has 0 bridgehead atoms. The summed E-state index contributed by atoms with van der Waals surface area (Å²) in [4.78, 5) is -0.197. The molecule has 7 nitrogen and oxygen atoms in total. The van der Waals surface area contributed by atoms with E-state index < -0.39 is 50.1 Å². The Kier molecular flexibility index (Phi) is 5.62. The predicted octanol–water partition coefficient (Wildman–Crippen LogP) is 0.134. The van der Waals surface area contributed by atoms with Crippen molar-refractivity contribution < 1.29 is 27.0 Å². The average molecular weight is 404 g/mol. The quantitative estimate of drug-likeness (QED) is 0.722. The molecule has 0 saturated carbocycles. The van der Waals surface area contributed by atoms with Gasteiger partial charge in [0.15, 0.2) is 9.84 Å². The second-order valence-corrected chi connectivity index (χ2v) is 9.99. The lowest BCUT2D eigenvalue weighted by Crippen LogP contribution is -2.47. The van der Waals surface area contributed by atoms with Crippen LogP contribution in [0.15, 0.2) is 23.1 Å². The van der Waals surface area contributed by atoms with E-state index in [0.717, 1.165) is 10.4 Å². The molecular weight excluding hydrogens is 389 g/mol. The van der Waals surface area contributed by atoms with Gasteiger partial charge in [-0.3, -0.25) is 0 Å². The van der Waals surface area contributed by atoms with E-state index in [9.17, 15) is 21.9 Å². The van der Waals surface area contributed by atoms with Gasteiger partial charge in [-0.2, -0.15) is 4.31 Å². The third-order valence-corrected chi connectivity index (χ3v) is 7.84. The maximum absolute atomic E-state index is 12.7. The topological polar surface area (TPSA) is 112 Å². The SMILES string of the molecule is O=S1(=O)C[C@H](O)[C@@H](N(CCO)S(=O)(=O)c2ccc(Cl)c(Cl)c2)C1. The van der Waals surface area contributed by atoms with E-state index in [1.165, 1.54) is 12.1 Å². The van der Waals surface area contributed by atoms with E-state index in [2.05, 4.69) is 0 Å². The molecule has 11 heteroatoms. The Bertz CT molecular complexity index is 796. The summed E-state index contributed by atoms with van der Waals surface area (Å²) in [7, 11) is -7.71. The largest absolute Gasteiger partial charge is 0.395 e. The number of aliphatic hydroxyl groups is 2. The van der Waals surface area contributed by atoms with Crippen LogP contribution in [0.25, 0.3) is 0 Å². The number of halogens is 2. The lowest BCUT2D eigenvalue weighted by molar-refractivity contribution is 0.117. The van der Waals surface area contributed by atoms with E-state index in [4.69, 9.17) is 28.3 Å². The van der Waals surface area contributed by atoms with Crippen molar-refractivity contribution in [2.75, 3.05) is 24.7 Å². The zero-order valence-electron chi connectivity index (χ0n) is 11.8. The Balaban J connectivity index is 2.45. The van der Waals surface area contributed by atoms with Crippen LogP contribution in [0.4, 0.5) is 0 Å². The standard InChI is InChI=1S/C12H15Cl2NO6S2/c13-9-2-1-8(5-10(9)14)23(20,21)15(3-4-16)11-6-22(18,19)7-12(11)17/h1-2,5,11-12,16-17H,3-4,6-7H2/t11-,12-/m0/s1. The summed E-state index contributed by atoms with van der Waals surface area (Å²) in [5, 5.41) is 19.2. The number of benzene rings is 1. The maximum Gasteiger partial charge on any atom is 0.243 e. The summed E-state index contributed by atoms with van der Waals surface area (Å²) < 4.78 is 49.5. The number of nitrogens with zero attached hydrogens (tertiary/aromatic N) is 1. The zero-order valence-corrected chi connectivity index (χ0v) is 14.9. The summed E-state index contributed by atoms with van der Waals surface area (Å²) in [5.74, 6) is -1.02. The van der Waals surface area contributed by atoms with Crippen molar-refractivity contribution in [3.8, 4) is 0 Å². The van der Waals surface area contributed by atoms with Gasteiger partial charge in [-0.1, -0.05) is 23.2 Å². The van der Waals surface area contributed by atoms with Crippen LogP contribution in [-0.2, 0) is 19.9 Å². The molecule has 1 fully saturated rings. The third kappa shape index (κ3) is 3.98. The van der Waals surface area contributed by atoms with Gasteiger partial charge in [0.2, 0.25) is 10.0 Å². The summed E-state index contributed by atoms with van der Waals surface area (Å²) in [6, 6.07) is 2.51. The van der Waals surface area contributed by atoms with Crippen LogP contribution >= 0.6 is 23.2 Å². The Labute approximate surface area is 144 Å². The van der Waals surface area contributed by atoms with Crippen LogP contribution in [0.5, 0.6) is 0 Å². The highest BCUT2D eigenvalue weighted by molar-refractivity contribution is 7.92. The third-order valence-electron chi connectivity index (χ3n) is 3.48. The van der Waals surface area contributed by atoms with Crippen LogP contribution in [0, 0.1) is 0 Å². The molecule has 2 N–H and O–H groups in total. The Morgan fingerprint density at radius 1 is 1.22 bits per heavy atom. The molecule has 0 radical (unpaired) electrons. The van der Waals surface area contributed by atoms with Crippen LogP contribution in [-0.4, -0.2) is 68.2 Å². The summed E-state index contributed by atoms with van der Waals surface area (Å²) in [5.41, 5.74) is 0. The number of aliphatic hydroxyl groups excluding tert-OH is 2. The Hall–Kier alpha value is -0.420. The van der Waals surface area contributed by atoms with E-state index in [-0.39, 0.29) is 21.5 Å². The molecule has 1 aliphatic heterocycles. The van der Waals surface area contributed by atoms with Crippen molar-refractivity contribution in [1.82, 2.24) is 4.31 Å². The van der Waals surface area contributed by atoms with E-state index >= 15 is 0 Å². The fraction of sp³-hybridized carbons (Fsp3) is 0.500. The number of hydrogen-bond acceptors (Lipinski definition) is 6. The number of sulfone groups is 1. The Morgan fingerprint density at radius 3 is 2.35 bits per heavy atom. The normalized spacial score (nSPS) is 24.2. The lowest BCUT2D eigenvalue weighted by Gasteiger charge is -2.28. The van der Waals surface area contributed by atoms with Crippen LogP contribution in [0.3, 0.4) is 0 Å². The second-order valence-electron chi connectivity index (χ2n) is 5.13. The average Bonchev–Trinajstić information content (AvgIpc) is 2.71. The lowest BCUT2D eigenvalue weighted by atomic mass is 10.2. The van der Waals surface area contributed by atoms with E-state index in [0.29, 0.717) is 0 Å². The van der Waals surface area contributed by atoms with Gasteiger partial charge in [0.1, 0.15) is 0 Å². The molecule has 1 aliphatic rings. The molecule has 0 spiro atoms. The zero-order chi connectivity index (χ0) is 17.4. The minimum Gasteiger partial charge on any atom is -0.395 e. The van der Waals surface area contributed by atoms with Crippen molar-refractivity contribution in [3.05, 3.63) is 28.2 Å². The number of sulfonamides is 1. The van der Waals surface area contributed by atoms with Gasteiger partial charge in [0.05, 0.1) is 45.2 Å². The molecule has 2 rings (SSSR count). The highest BCUT2D eigenvalue weighted by atomic mass is 35.5. The molecule has 1 saturated heterocycles. The first-order valence-electron chi connectivity index (χ1n) is 6.55. The van der Waals surface area contributed by atoms with Gasteiger partial charge in [-0.25, -0.2) is 16.8 Å². The summed E-state index contributed by atoms with van der Waals surface area (Å²) in [6.07, 6.45) is -1.36. The Morgan fingerprint density at radius 2 is 1.87 bits per heavy atom. The van der Waals surface area contributed by atoms with Crippen molar-refractivity contribution in [2.45, 2.75) is 17.0 Å². The fourth-order valence-corrected chi connectivity index (χ4v) is 6.35. The van der Waals surface area contributed by atoms with Crippen LogP contribution in [0.1, 0.15) is 0 Å². The molecule has 0 amide bonds. The van der Waals surface area contributed by atoms with E-state index in [1.54, 1.807) is 0 Å². The molecule has 1 aromatic carbocycles. The maximum atomic E-state index is 12.7. The minimum absolute atomic E-state index is 0.0243. The molecule has 2 atom stereocenters. The highest BCUT2D eigenvalue weighted by Crippen LogP contribution is 2.29. The number of rotatable bonds is 5. The van der Waals surface area contributed by atoms with Gasteiger partial charge in [-0.15, -0.1) is 0 Å². The highest BCUT2D eigenvalue weighted by Gasteiger charge is 2.44. The molecule has 1 heterocycles. The minimum atomic E-state index is -4.16.